The fourth-order valence-electron chi connectivity index (χ4n) is 6.93. The van der Waals surface area contributed by atoms with Crippen molar-refractivity contribution in [1.82, 2.24) is 10.6 Å². The second-order valence-electron chi connectivity index (χ2n) is 12.2. The molecule has 0 radical (unpaired) electrons. The summed E-state index contributed by atoms with van der Waals surface area (Å²) >= 11 is 0. The number of hydrogen-bond donors (Lipinski definition) is 4. The monoisotopic (exact) mass is 556 g/mol. The molecule has 220 valence electrons. The van der Waals surface area contributed by atoms with E-state index in [1.807, 2.05) is 13.8 Å². The van der Waals surface area contributed by atoms with Crippen LogP contribution in [0.3, 0.4) is 0 Å². The molecule has 40 heavy (non-hydrogen) atoms. The Morgan fingerprint density at radius 3 is 2.45 bits per heavy atom. The fourth-order valence-corrected chi connectivity index (χ4v) is 6.93. The lowest BCUT2D eigenvalue weighted by atomic mass is 9.55. The summed E-state index contributed by atoms with van der Waals surface area (Å²) in [5, 5.41) is 26.3. The average Bonchev–Trinajstić information content (AvgIpc) is 3.17. The molecule has 1 aliphatic heterocycles. The molecular formula is C31H44N2O7. The Morgan fingerprint density at radius 1 is 1.20 bits per heavy atom. The molecule has 3 aliphatic rings. The molecule has 3 rings (SSSR count). The number of amides is 3. The van der Waals surface area contributed by atoms with E-state index in [0.29, 0.717) is 12.8 Å². The van der Waals surface area contributed by atoms with E-state index < -0.39 is 64.8 Å². The third-order valence-corrected chi connectivity index (χ3v) is 8.95. The third-order valence-electron chi connectivity index (χ3n) is 8.95. The maximum atomic E-state index is 14.2. The Hall–Kier alpha value is -3.07. The summed E-state index contributed by atoms with van der Waals surface area (Å²) in [4.78, 5) is 64.8. The topological polar surface area (TPSA) is 150 Å². The lowest BCUT2D eigenvalue weighted by Gasteiger charge is -2.51. The van der Waals surface area contributed by atoms with Crippen molar-refractivity contribution in [3.05, 3.63) is 36.0 Å². The lowest BCUT2D eigenvalue weighted by Crippen LogP contribution is -2.57. The predicted molar refractivity (Wildman–Crippen MR) is 150 cm³/mol. The molecule has 0 aromatic carbocycles. The number of Topliss-reactive ketones (excluding diaryl/α,β-unsaturated/α-hetero) is 1. The highest BCUT2D eigenvalue weighted by Gasteiger charge is 2.56. The number of carbonyl (C=O) groups excluding carboxylic acids is 4. The van der Waals surface area contributed by atoms with Crippen LogP contribution in [0.1, 0.15) is 73.1 Å². The minimum absolute atomic E-state index is 0.0224. The second kappa shape index (κ2) is 12.6. The van der Waals surface area contributed by atoms with Gasteiger partial charge < -0.3 is 15.5 Å². The van der Waals surface area contributed by atoms with E-state index in [2.05, 4.69) is 24.1 Å². The van der Waals surface area contributed by atoms with Crippen molar-refractivity contribution in [2.75, 3.05) is 0 Å². The van der Waals surface area contributed by atoms with Crippen LogP contribution < -0.4 is 10.6 Å². The minimum atomic E-state index is -1.51. The molecule has 9 nitrogen and oxygen atoms in total. The van der Waals surface area contributed by atoms with Crippen molar-refractivity contribution in [1.29, 1.82) is 0 Å². The number of carboxylic acids is 1. The minimum Gasteiger partial charge on any atom is -0.480 e. The van der Waals surface area contributed by atoms with Crippen LogP contribution in [-0.2, 0) is 24.0 Å². The van der Waals surface area contributed by atoms with Gasteiger partial charge in [-0.1, -0.05) is 72.1 Å². The van der Waals surface area contributed by atoms with Crippen LogP contribution in [0.2, 0.25) is 0 Å². The SMILES string of the molecule is C=CC(CCCCC)C1=C(C(=O)C2C(C)C=CC3(O)CC(C(=O)NC(C(=O)O)C(C)C)CC(C)C23)C(=O)NC1=O. The first-order valence-corrected chi connectivity index (χ1v) is 14.5. The van der Waals surface area contributed by atoms with Crippen LogP contribution in [-0.4, -0.2) is 51.3 Å². The maximum absolute atomic E-state index is 14.2. The zero-order valence-electron chi connectivity index (χ0n) is 24.2. The zero-order chi connectivity index (χ0) is 29.9. The molecule has 0 spiro atoms. The van der Waals surface area contributed by atoms with Crippen molar-refractivity contribution in [3.63, 3.8) is 0 Å². The summed E-state index contributed by atoms with van der Waals surface area (Å²) in [7, 11) is 0. The zero-order valence-corrected chi connectivity index (χ0v) is 24.2. The van der Waals surface area contributed by atoms with Gasteiger partial charge in [-0.15, -0.1) is 6.58 Å². The summed E-state index contributed by atoms with van der Waals surface area (Å²) in [6.07, 6.45) is 8.72. The van der Waals surface area contributed by atoms with Crippen LogP contribution in [0.4, 0.5) is 0 Å². The Bertz CT molecular complexity index is 1120. The number of unbranched alkanes of at least 4 members (excludes halogenated alkanes) is 2. The molecule has 1 fully saturated rings. The number of imide groups is 1. The van der Waals surface area contributed by atoms with E-state index in [4.69, 9.17) is 0 Å². The smallest absolute Gasteiger partial charge is 0.326 e. The second-order valence-corrected chi connectivity index (χ2v) is 12.2. The highest BCUT2D eigenvalue weighted by molar-refractivity contribution is 6.33. The molecule has 0 bridgehead atoms. The number of carboxylic acid groups (broad SMARTS) is 1. The number of allylic oxidation sites excluding steroid dienone is 2. The molecule has 0 aromatic rings. The van der Waals surface area contributed by atoms with Gasteiger partial charge in [0, 0.05) is 29.2 Å². The predicted octanol–water partition coefficient (Wildman–Crippen LogP) is 3.33. The number of hydrogen-bond acceptors (Lipinski definition) is 6. The first-order chi connectivity index (χ1) is 18.8. The Balaban J connectivity index is 1.94. The van der Waals surface area contributed by atoms with Gasteiger partial charge in [0.2, 0.25) is 5.91 Å². The highest BCUT2D eigenvalue weighted by atomic mass is 16.4. The van der Waals surface area contributed by atoms with Gasteiger partial charge in [0.1, 0.15) is 6.04 Å². The van der Waals surface area contributed by atoms with E-state index in [-0.39, 0.29) is 35.3 Å². The standard InChI is InChI=1S/C31H44N2O7/c1-7-9-10-11-19(8-2)22-23(29(37)33-28(22)36)26(34)21-17(5)12-13-31(40)15-20(14-18(6)24(21)31)27(35)32-25(16(3)4)30(38)39/h8,12-13,16-21,24-25,40H,2,7,9-11,14-15H2,1,3-6H3,(H,32,35)(H,38,39)(H,33,36,37). The van der Waals surface area contributed by atoms with Gasteiger partial charge >= 0.3 is 5.97 Å². The van der Waals surface area contributed by atoms with Crippen LogP contribution in [0, 0.1) is 41.4 Å². The number of rotatable bonds is 12. The molecule has 2 aliphatic carbocycles. The number of aliphatic carboxylic acids is 1. The normalized spacial score (nSPS) is 31.4. The quantitative estimate of drug-likeness (QED) is 0.125. The number of aliphatic hydroxyl groups is 1. The number of carbonyl (C=O) groups is 5. The summed E-state index contributed by atoms with van der Waals surface area (Å²) < 4.78 is 0. The molecule has 0 aromatic heterocycles. The number of fused-ring (bicyclic) bond motifs is 1. The first-order valence-electron chi connectivity index (χ1n) is 14.5. The molecule has 0 saturated heterocycles. The molecule has 1 saturated carbocycles. The third kappa shape index (κ3) is 6.14. The van der Waals surface area contributed by atoms with Crippen LogP contribution in [0.5, 0.6) is 0 Å². The molecule has 3 amide bonds. The van der Waals surface area contributed by atoms with E-state index in [9.17, 15) is 34.2 Å². The Kier molecular flexibility index (Phi) is 9.93. The maximum Gasteiger partial charge on any atom is 0.326 e. The number of nitrogens with one attached hydrogen (secondary N) is 2. The van der Waals surface area contributed by atoms with Crippen molar-refractivity contribution in [2.45, 2.75) is 84.8 Å². The molecule has 9 heteroatoms. The van der Waals surface area contributed by atoms with Gasteiger partial charge in [0.05, 0.1) is 11.2 Å². The lowest BCUT2D eigenvalue weighted by molar-refractivity contribution is -0.149. The molecule has 4 N–H and O–H groups in total. The highest BCUT2D eigenvalue weighted by Crippen LogP contribution is 2.51. The van der Waals surface area contributed by atoms with Gasteiger partial charge in [-0.3, -0.25) is 24.5 Å². The fraction of sp³-hybridized carbons (Fsp3) is 0.645. The van der Waals surface area contributed by atoms with Crippen LogP contribution in [0.15, 0.2) is 36.0 Å². The van der Waals surface area contributed by atoms with Crippen molar-refractivity contribution in [2.24, 2.45) is 41.4 Å². The summed E-state index contributed by atoms with van der Waals surface area (Å²) in [6, 6.07) is -1.05. The summed E-state index contributed by atoms with van der Waals surface area (Å²) in [5.41, 5.74) is -1.50. The van der Waals surface area contributed by atoms with Crippen molar-refractivity contribution in [3.8, 4) is 0 Å². The summed E-state index contributed by atoms with van der Waals surface area (Å²) in [6.45, 7) is 13.1. The number of ketones is 1. The largest absolute Gasteiger partial charge is 0.480 e. The van der Waals surface area contributed by atoms with E-state index >= 15 is 0 Å². The van der Waals surface area contributed by atoms with Gasteiger partial charge in [0.25, 0.3) is 11.8 Å². The molecule has 8 atom stereocenters. The molecule has 1 heterocycles. The van der Waals surface area contributed by atoms with E-state index in [0.717, 1.165) is 19.3 Å². The first kappa shape index (κ1) is 31.5. The Labute approximate surface area is 236 Å². The molecular weight excluding hydrogens is 512 g/mol. The van der Waals surface area contributed by atoms with Gasteiger partial charge in [-0.05, 0) is 37.0 Å². The van der Waals surface area contributed by atoms with E-state index in [1.165, 1.54) is 0 Å². The van der Waals surface area contributed by atoms with Crippen LogP contribution >= 0.6 is 0 Å². The Morgan fingerprint density at radius 2 is 1.88 bits per heavy atom. The van der Waals surface area contributed by atoms with Gasteiger partial charge in [-0.2, -0.15) is 0 Å². The van der Waals surface area contributed by atoms with Crippen molar-refractivity contribution >= 4 is 29.5 Å². The van der Waals surface area contributed by atoms with Crippen molar-refractivity contribution < 1.29 is 34.2 Å². The van der Waals surface area contributed by atoms with Gasteiger partial charge in [-0.25, -0.2) is 4.79 Å². The van der Waals surface area contributed by atoms with Crippen LogP contribution in [0.25, 0.3) is 0 Å². The van der Waals surface area contributed by atoms with E-state index in [1.54, 1.807) is 32.1 Å². The van der Waals surface area contributed by atoms with Gasteiger partial charge in [0.15, 0.2) is 5.78 Å². The average molecular weight is 557 g/mol. The summed E-state index contributed by atoms with van der Waals surface area (Å²) in [5.74, 6) is -6.73. The molecule has 8 unspecified atom stereocenters.